The minimum Gasteiger partial charge on any atom is -0.496 e. The lowest BCUT2D eigenvalue weighted by molar-refractivity contribution is 0.103. The molecule has 1 aliphatic heterocycles. The molecular formula is C12H13Cl3O2. The van der Waals surface area contributed by atoms with Crippen LogP contribution in [0, 0.1) is 5.92 Å². The SMILES string of the molecule is COc1ccccc1C1OC[C@@H](CCl)C1(Cl)Cl. The summed E-state index contributed by atoms with van der Waals surface area (Å²) in [5, 5.41) is 0. The number of alkyl halides is 3. The predicted octanol–water partition coefficient (Wildman–Crippen LogP) is 3.80. The second-order valence-corrected chi connectivity index (χ2v) is 5.73. The molecule has 1 aromatic carbocycles. The Morgan fingerprint density at radius 2 is 2.12 bits per heavy atom. The molecule has 1 aromatic rings. The van der Waals surface area contributed by atoms with E-state index in [-0.39, 0.29) is 5.92 Å². The molecule has 5 heteroatoms. The van der Waals surface area contributed by atoms with Gasteiger partial charge in [0, 0.05) is 17.4 Å². The lowest BCUT2D eigenvalue weighted by atomic mass is 9.99. The van der Waals surface area contributed by atoms with E-state index in [1.165, 1.54) is 0 Å². The normalized spacial score (nSPS) is 27.1. The van der Waals surface area contributed by atoms with Crippen LogP contribution in [0.15, 0.2) is 24.3 Å². The molecule has 0 spiro atoms. The van der Waals surface area contributed by atoms with E-state index in [0.717, 1.165) is 11.3 Å². The summed E-state index contributed by atoms with van der Waals surface area (Å²) in [6.07, 6.45) is -0.411. The van der Waals surface area contributed by atoms with Crippen LogP contribution in [0.1, 0.15) is 11.7 Å². The maximum Gasteiger partial charge on any atom is 0.154 e. The predicted molar refractivity (Wildman–Crippen MR) is 70.3 cm³/mol. The largest absolute Gasteiger partial charge is 0.496 e. The van der Waals surface area contributed by atoms with Crippen LogP contribution < -0.4 is 4.74 Å². The van der Waals surface area contributed by atoms with Gasteiger partial charge in [0.25, 0.3) is 0 Å². The first-order chi connectivity index (χ1) is 8.11. The van der Waals surface area contributed by atoms with Crippen LogP contribution in [-0.2, 0) is 4.74 Å². The summed E-state index contributed by atoms with van der Waals surface area (Å²) in [6, 6.07) is 7.55. The highest BCUT2D eigenvalue weighted by Gasteiger charge is 2.50. The number of halogens is 3. The molecule has 2 nitrogen and oxygen atoms in total. The fraction of sp³-hybridized carbons (Fsp3) is 0.500. The van der Waals surface area contributed by atoms with Crippen molar-refractivity contribution < 1.29 is 9.47 Å². The lowest BCUT2D eigenvalue weighted by Gasteiger charge is -2.26. The summed E-state index contributed by atoms with van der Waals surface area (Å²) in [7, 11) is 1.61. The van der Waals surface area contributed by atoms with Crippen molar-refractivity contribution in [1.29, 1.82) is 0 Å². The van der Waals surface area contributed by atoms with Gasteiger partial charge in [0.15, 0.2) is 4.33 Å². The Balaban J connectivity index is 2.35. The highest BCUT2D eigenvalue weighted by Crippen LogP contribution is 2.51. The summed E-state index contributed by atoms with van der Waals surface area (Å²) in [6.45, 7) is 0.458. The summed E-state index contributed by atoms with van der Waals surface area (Å²) >= 11 is 18.6. The highest BCUT2D eigenvalue weighted by molar-refractivity contribution is 6.49. The molecule has 1 aliphatic rings. The van der Waals surface area contributed by atoms with E-state index in [1.54, 1.807) is 7.11 Å². The van der Waals surface area contributed by atoms with Crippen molar-refractivity contribution in [2.24, 2.45) is 5.92 Å². The maximum atomic E-state index is 6.36. The molecule has 0 N–H and O–H groups in total. The first-order valence-corrected chi connectivity index (χ1v) is 6.58. The molecule has 2 rings (SSSR count). The van der Waals surface area contributed by atoms with Crippen LogP contribution in [0.2, 0.25) is 0 Å². The van der Waals surface area contributed by atoms with Crippen molar-refractivity contribution in [1.82, 2.24) is 0 Å². The average molecular weight is 296 g/mol. The van der Waals surface area contributed by atoms with Crippen LogP contribution in [0.3, 0.4) is 0 Å². The first kappa shape index (κ1) is 13.3. The fourth-order valence-electron chi connectivity index (χ4n) is 1.98. The second kappa shape index (κ2) is 5.23. The van der Waals surface area contributed by atoms with Gasteiger partial charge in [-0.15, -0.1) is 11.6 Å². The summed E-state index contributed by atoms with van der Waals surface area (Å²) in [5.41, 5.74) is 0.854. The highest BCUT2D eigenvalue weighted by atomic mass is 35.5. The molecule has 1 unspecified atom stereocenters. The molecule has 1 saturated heterocycles. The van der Waals surface area contributed by atoms with Gasteiger partial charge in [0.2, 0.25) is 0 Å². The Morgan fingerprint density at radius 3 is 2.71 bits per heavy atom. The average Bonchev–Trinajstić information content (AvgIpc) is 2.63. The Bertz CT molecular complexity index is 395. The van der Waals surface area contributed by atoms with Crippen LogP contribution in [-0.4, -0.2) is 23.9 Å². The van der Waals surface area contributed by atoms with Gasteiger partial charge < -0.3 is 9.47 Å². The van der Waals surface area contributed by atoms with Crippen LogP contribution in [0.25, 0.3) is 0 Å². The molecule has 0 aliphatic carbocycles. The Labute approximate surface area is 116 Å². The molecule has 0 radical (unpaired) electrons. The van der Waals surface area contributed by atoms with Crippen LogP contribution in [0.5, 0.6) is 5.75 Å². The molecule has 2 atom stereocenters. The fourth-order valence-corrected chi connectivity index (χ4v) is 3.11. The maximum absolute atomic E-state index is 6.36. The molecule has 0 amide bonds. The number of hydrogen-bond donors (Lipinski definition) is 0. The van der Waals surface area contributed by atoms with Gasteiger partial charge in [0.1, 0.15) is 11.9 Å². The second-order valence-electron chi connectivity index (χ2n) is 3.98. The molecule has 0 aromatic heterocycles. The van der Waals surface area contributed by atoms with Crippen molar-refractivity contribution in [2.75, 3.05) is 19.6 Å². The smallest absolute Gasteiger partial charge is 0.154 e. The number of methoxy groups -OCH3 is 1. The van der Waals surface area contributed by atoms with E-state index in [0.29, 0.717) is 12.5 Å². The summed E-state index contributed by atoms with van der Waals surface area (Å²) in [4.78, 5) is 0. The van der Waals surface area contributed by atoms with E-state index < -0.39 is 10.4 Å². The number of para-hydroxylation sites is 1. The summed E-state index contributed by atoms with van der Waals surface area (Å²) < 4.78 is 9.94. The van der Waals surface area contributed by atoms with Crippen molar-refractivity contribution in [2.45, 2.75) is 10.4 Å². The summed E-state index contributed by atoms with van der Waals surface area (Å²) in [5.74, 6) is 1.01. The zero-order chi connectivity index (χ0) is 12.5. The third-order valence-electron chi connectivity index (χ3n) is 2.97. The van der Waals surface area contributed by atoms with E-state index in [2.05, 4.69) is 0 Å². The molecular weight excluding hydrogens is 282 g/mol. The molecule has 17 heavy (non-hydrogen) atoms. The van der Waals surface area contributed by atoms with Crippen molar-refractivity contribution >= 4 is 34.8 Å². The van der Waals surface area contributed by atoms with Crippen LogP contribution >= 0.6 is 34.8 Å². The standard InChI is InChI=1S/C12H13Cl3O2/c1-16-10-5-3-2-4-9(10)11-12(14,15)8(6-13)7-17-11/h2-5,8,11H,6-7H2,1H3/t8-,11?/m1/s1. The van der Waals surface area contributed by atoms with Crippen molar-refractivity contribution in [3.05, 3.63) is 29.8 Å². The number of benzene rings is 1. The molecule has 0 bridgehead atoms. The molecule has 0 saturated carbocycles. The van der Waals surface area contributed by atoms with Gasteiger partial charge in [-0.3, -0.25) is 0 Å². The quantitative estimate of drug-likeness (QED) is 0.790. The Morgan fingerprint density at radius 1 is 1.41 bits per heavy atom. The van der Waals surface area contributed by atoms with E-state index in [1.807, 2.05) is 24.3 Å². The van der Waals surface area contributed by atoms with Gasteiger partial charge in [-0.05, 0) is 6.07 Å². The lowest BCUT2D eigenvalue weighted by Crippen LogP contribution is -2.28. The topological polar surface area (TPSA) is 18.5 Å². The Hall–Kier alpha value is -0.150. The van der Waals surface area contributed by atoms with Gasteiger partial charge in [0.05, 0.1) is 13.7 Å². The van der Waals surface area contributed by atoms with Gasteiger partial charge >= 0.3 is 0 Å². The molecule has 94 valence electrons. The molecule has 1 fully saturated rings. The third-order valence-corrected chi connectivity index (χ3v) is 4.35. The van der Waals surface area contributed by atoms with Gasteiger partial charge in [-0.1, -0.05) is 41.4 Å². The van der Waals surface area contributed by atoms with E-state index in [9.17, 15) is 0 Å². The minimum atomic E-state index is -1.02. The van der Waals surface area contributed by atoms with Gasteiger partial charge in [-0.2, -0.15) is 0 Å². The monoisotopic (exact) mass is 294 g/mol. The van der Waals surface area contributed by atoms with Crippen molar-refractivity contribution in [3.63, 3.8) is 0 Å². The zero-order valence-electron chi connectivity index (χ0n) is 9.33. The zero-order valence-corrected chi connectivity index (χ0v) is 11.6. The van der Waals surface area contributed by atoms with Crippen LogP contribution in [0.4, 0.5) is 0 Å². The Kier molecular flexibility index (Phi) is 4.09. The number of ether oxygens (including phenoxy) is 2. The third kappa shape index (κ3) is 2.37. The van der Waals surface area contributed by atoms with Gasteiger partial charge in [-0.25, -0.2) is 0 Å². The van der Waals surface area contributed by atoms with E-state index >= 15 is 0 Å². The number of rotatable bonds is 3. The number of hydrogen-bond acceptors (Lipinski definition) is 2. The van der Waals surface area contributed by atoms with Crippen molar-refractivity contribution in [3.8, 4) is 5.75 Å². The first-order valence-electron chi connectivity index (χ1n) is 5.29. The minimum absolute atomic E-state index is 0.0811. The molecule has 1 heterocycles. The van der Waals surface area contributed by atoms with E-state index in [4.69, 9.17) is 44.3 Å².